The summed E-state index contributed by atoms with van der Waals surface area (Å²) in [6.45, 7) is 0.976. The summed E-state index contributed by atoms with van der Waals surface area (Å²) in [5, 5.41) is 3.31. The van der Waals surface area contributed by atoms with Crippen molar-refractivity contribution in [2.45, 2.75) is 12.8 Å². The molecule has 0 aliphatic carbocycles. The maximum Gasteiger partial charge on any atom is 0.167 e. The number of hydrogen-bond donors (Lipinski definition) is 1. The zero-order chi connectivity index (χ0) is 13.2. The highest BCUT2D eigenvalue weighted by atomic mass is 127. The highest BCUT2D eigenvalue weighted by Crippen LogP contribution is 2.24. The summed E-state index contributed by atoms with van der Waals surface area (Å²) in [4.78, 5) is 12.3. The fourth-order valence-corrected chi connectivity index (χ4v) is 2.71. The Hall–Kier alpha value is -1.36. The smallest absolute Gasteiger partial charge is 0.167 e. The van der Waals surface area contributed by atoms with Crippen molar-refractivity contribution < 1.29 is 4.79 Å². The normalized spacial score (nSPS) is 12.9. The van der Waals surface area contributed by atoms with Crippen molar-refractivity contribution in [1.29, 1.82) is 0 Å². The van der Waals surface area contributed by atoms with Crippen LogP contribution in [-0.4, -0.2) is 12.3 Å². The molecule has 0 spiro atoms. The van der Waals surface area contributed by atoms with Crippen LogP contribution in [-0.2, 0) is 12.8 Å². The first-order valence-electron chi connectivity index (χ1n) is 6.37. The summed E-state index contributed by atoms with van der Waals surface area (Å²) in [6.07, 6.45) is 1.52. The van der Waals surface area contributed by atoms with Crippen LogP contribution in [0.1, 0.15) is 21.5 Å². The van der Waals surface area contributed by atoms with E-state index >= 15 is 0 Å². The molecule has 0 saturated carbocycles. The SMILES string of the molecule is O=C(Cc1ccc(I)cc1)c1ccc2c(c1)NCC2. The molecule has 0 aromatic heterocycles. The van der Waals surface area contributed by atoms with E-state index in [2.05, 4.69) is 34.0 Å². The molecule has 1 aliphatic heterocycles. The van der Waals surface area contributed by atoms with Crippen LogP contribution in [0, 0.1) is 3.57 Å². The summed E-state index contributed by atoms with van der Waals surface area (Å²) in [6, 6.07) is 14.1. The number of hydrogen-bond acceptors (Lipinski definition) is 2. The Kier molecular flexibility index (Phi) is 3.55. The van der Waals surface area contributed by atoms with E-state index in [4.69, 9.17) is 0 Å². The van der Waals surface area contributed by atoms with Crippen molar-refractivity contribution >= 4 is 34.1 Å². The van der Waals surface area contributed by atoms with Gasteiger partial charge >= 0.3 is 0 Å². The van der Waals surface area contributed by atoms with Gasteiger partial charge in [0.25, 0.3) is 0 Å². The average molecular weight is 363 g/mol. The second-order valence-corrected chi connectivity index (χ2v) is 6.02. The molecule has 0 bridgehead atoms. The monoisotopic (exact) mass is 363 g/mol. The maximum atomic E-state index is 12.3. The van der Waals surface area contributed by atoms with Crippen LogP contribution in [0.2, 0.25) is 0 Å². The van der Waals surface area contributed by atoms with Gasteiger partial charge in [-0.2, -0.15) is 0 Å². The number of benzene rings is 2. The molecule has 3 heteroatoms. The van der Waals surface area contributed by atoms with Crippen LogP contribution in [0.25, 0.3) is 0 Å². The van der Waals surface area contributed by atoms with Gasteiger partial charge in [0.05, 0.1) is 0 Å². The lowest BCUT2D eigenvalue weighted by Gasteiger charge is -2.05. The van der Waals surface area contributed by atoms with Gasteiger partial charge in [-0.1, -0.05) is 24.3 Å². The number of nitrogens with one attached hydrogen (secondary N) is 1. The molecule has 2 aromatic carbocycles. The van der Waals surface area contributed by atoms with Crippen molar-refractivity contribution in [3.8, 4) is 0 Å². The van der Waals surface area contributed by atoms with E-state index in [1.165, 1.54) is 9.13 Å². The molecule has 1 aliphatic rings. The number of ketones is 1. The second kappa shape index (κ2) is 5.33. The zero-order valence-corrected chi connectivity index (χ0v) is 12.6. The molecule has 96 valence electrons. The molecular weight excluding hydrogens is 349 g/mol. The van der Waals surface area contributed by atoms with E-state index in [1.807, 2.05) is 36.4 Å². The van der Waals surface area contributed by atoms with Crippen molar-refractivity contribution in [3.63, 3.8) is 0 Å². The van der Waals surface area contributed by atoms with Crippen molar-refractivity contribution in [3.05, 3.63) is 62.7 Å². The highest BCUT2D eigenvalue weighted by molar-refractivity contribution is 14.1. The summed E-state index contributed by atoms with van der Waals surface area (Å²) in [7, 11) is 0. The number of fused-ring (bicyclic) bond motifs is 1. The van der Waals surface area contributed by atoms with Crippen molar-refractivity contribution in [2.24, 2.45) is 0 Å². The summed E-state index contributed by atoms with van der Waals surface area (Å²) < 4.78 is 1.19. The molecule has 0 atom stereocenters. The molecule has 19 heavy (non-hydrogen) atoms. The molecule has 2 aromatic rings. The van der Waals surface area contributed by atoms with Gasteiger partial charge in [-0.25, -0.2) is 0 Å². The lowest BCUT2D eigenvalue weighted by molar-refractivity contribution is 0.0993. The molecule has 0 saturated heterocycles. The predicted molar refractivity (Wildman–Crippen MR) is 85.8 cm³/mol. The third-order valence-electron chi connectivity index (χ3n) is 3.42. The summed E-state index contributed by atoms with van der Waals surface area (Å²) in [5.41, 5.74) is 4.30. The Bertz CT molecular complexity index is 619. The van der Waals surface area contributed by atoms with Gasteiger partial charge in [0, 0.05) is 27.8 Å². The minimum Gasteiger partial charge on any atom is -0.384 e. The lowest BCUT2D eigenvalue weighted by atomic mass is 10.0. The van der Waals surface area contributed by atoms with Gasteiger partial charge in [0.15, 0.2) is 5.78 Å². The van der Waals surface area contributed by atoms with Crippen molar-refractivity contribution in [2.75, 3.05) is 11.9 Å². The first-order valence-corrected chi connectivity index (χ1v) is 7.45. The fraction of sp³-hybridized carbons (Fsp3) is 0.188. The number of carbonyl (C=O) groups excluding carboxylic acids is 1. The topological polar surface area (TPSA) is 29.1 Å². The quantitative estimate of drug-likeness (QED) is 0.666. The first kappa shape index (κ1) is 12.7. The third-order valence-corrected chi connectivity index (χ3v) is 4.14. The highest BCUT2D eigenvalue weighted by Gasteiger charge is 2.13. The van der Waals surface area contributed by atoms with Crippen LogP contribution in [0.3, 0.4) is 0 Å². The Balaban J connectivity index is 1.78. The number of carbonyl (C=O) groups is 1. The average Bonchev–Trinajstić information content (AvgIpc) is 2.88. The first-order chi connectivity index (χ1) is 9.22. The minimum absolute atomic E-state index is 0.178. The molecule has 1 N–H and O–H groups in total. The van der Waals surface area contributed by atoms with Gasteiger partial charge in [0.2, 0.25) is 0 Å². The Morgan fingerprint density at radius 1 is 1.16 bits per heavy atom. The number of halogens is 1. The third kappa shape index (κ3) is 2.81. The zero-order valence-electron chi connectivity index (χ0n) is 10.4. The molecule has 2 nitrogen and oxygen atoms in total. The number of anilines is 1. The number of rotatable bonds is 3. The van der Waals surface area contributed by atoms with Crippen LogP contribution in [0.5, 0.6) is 0 Å². The molecular formula is C16H14INO. The molecule has 1 heterocycles. The van der Waals surface area contributed by atoms with E-state index in [-0.39, 0.29) is 5.78 Å². The standard InChI is InChI=1S/C16H14INO/c17-14-5-1-11(2-6-14)9-16(19)13-4-3-12-7-8-18-15(12)10-13/h1-6,10,18H,7-9H2. The molecule has 0 fully saturated rings. The maximum absolute atomic E-state index is 12.3. The van der Waals surface area contributed by atoms with Crippen LogP contribution in [0.4, 0.5) is 5.69 Å². The van der Waals surface area contributed by atoms with Gasteiger partial charge in [-0.05, 0) is 58.3 Å². The minimum atomic E-state index is 0.178. The Morgan fingerprint density at radius 2 is 1.95 bits per heavy atom. The van der Waals surface area contributed by atoms with E-state index in [1.54, 1.807) is 0 Å². The van der Waals surface area contributed by atoms with E-state index in [0.717, 1.165) is 29.8 Å². The predicted octanol–water partition coefficient (Wildman–Crippen LogP) is 3.68. The largest absolute Gasteiger partial charge is 0.384 e. The second-order valence-electron chi connectivity index (χ2n) is 4.78. The fourth-order valence-electron chi connectivity index (χ4n) is 2.35. The van der Waals surface area contributed by atoms with E-state index in [9.17, 15) is 4.79 Å². The molecule has 0 radical (unpaired) electrons. The van der Waals surface area contributed by atoms with Gasteiger partial charge < -0.3 is 5.32 Å². The molecule has 3 rings (SSSR count). The molecule has 0 unspecified atom stereocenters. The Labute approximate surface area is 126 Å². The summed E-state index contributed by atoms with van der Waals surface area (Å²) in [5.74, 6) is 0.178. The molecule has 0 amide bonds. The van der Waals surface area contributed by atoms with Crippen LogP contribution < -0.4 is 5.32 Å². The van der Waals surface area contributed by atoms with Crippen LogP contribution in [0.15, 0.2) is 42.5 Å². The lowest BCUT2D eigenvalue weighted by Crippen LogP contribution is -2.04. The van der Waals surface area contributed by atoms with E-state index < -0.39 is 0 Å². The van der Waals surface area contributed by atoms with Crippen molar-refractivity contribution in [1.82, 2.24) is 0 Å². The van der Waals surface area contributed by atoms with Gasteiger partial charge in [-0.15, -0.1) is 0 Å². The van der Waals surface area contributed by atoms with Gasteiger partial charge in [0.1, 0.15) is 0 Å². The summed E-state index contributed by atoms with van der Waals surface area (Å²) >= 11 is 2.27. The van der Waals surface area contributed by atoms with E-state index in [0.29, 0.717) is 6.42 Å². The van der Waals surface area contributed by atoms with Gasteiger partial charge in [-0.3, -0.25) is 4.79 Å². The van der Waals surface area contributed by atoms with Crippen LogP contribution >= 0.6 is 22.6 Å². The number of Topliss-reactive ketones (excluding diaryl/α,β-unsaturated/α-hetero) is 1. The Morgan fingerprint density at radius 3 is 2.74 bits per heavy atom.